The number of nitrogens with two attached hydrogens (primary N) is 1. The molecule has 2 aliphatic rings. The van der Waals surface area contributed by atoms with Crippen LogP contribution < -0.4 is 5.73 Å². The van der Waals surface area contributed by atoms with Gasteiger partial charge in [0.25, 0.3) is 0 Å². The molecule has 3 aromatic heterocycles. The molecule has 12 heteroatoms. The summed E-state index contributed by atoms with van der Waals surface area (Å²) in [5.41, 5.74) is 8.52. The molecular formula is C34H31Br2ClN6O3. The number of nitrogens with zero attached hydrogens (tertiary/aromatic N) is 5. The highest BCUT2D eigenvalue weighted by Gasteiger charge is 2.46. The molecule has 0 radical (unpaired) electrons. The molecule has 9 nitrogen and oxygen atoms in total. The van der Waals surface area contributed by atoms with Crippen LogP contribution in [0, 0.1) is 0 Å². The van der Waals surface area contributed by atoms with Gasteiger partial charge in [0.1, 0.15) is 0 Å². The summed E-state index contributed by atoms with van der Waals surface area (Å²) in [5.74, 6) is 1.39. The molecule has 3 N–H and O–H groups in total. The zero-order valence-electron chi connectivity index (χ0n) is 24.7. The topological polar surface area (TPSA) is 140 Å². The van der Waals surface area contributed by atoms with E-state index >= 15 is 0 Å². The number of carbonyl (C=O) groups excluding carboxylic acids is 1. The van der Waals surface area contributed by atoms with E-state index in [-0.39, 0.29) is 21.9 Å². The lowest BCUT2D eigenvalue weighted by atomic mass is 9.64. The molecule has 0 unspecified atom stereocenters. The van der Waals surface area contributed by atoms with Crippen LogP contribution in [0.2, 0.25) is 0 Å². The van der Waals surface area contributed by atoms with Gasteiger partial charge in [0.15, 0.2) is 5.84 Å². The van der Waals surface area contributed by atoms with Gasteiger partial charge in [0.2, 0.25) is 17.0 Å². The fourth-order valence-electron chi connectivity index (χ4n) is 5.43. The molecule has 3 heterocycles. The van der Waals surface area contributed by atoms with E-state index < -0.39 is 0 Å². The summed E-state index contributed by atoms with van der Waals surface area (Å²) in [5, 5.41) is 15.0. The summed E-state index contributed by atoms with van der Waals surface area (Å²) in [6.07, 6.45) is 12.8. The lowest BCUT2D eigenvalue weighted by molar-refractivity contribution is -0.119. The Morgan fingerprint density at radius 3 is 1.89 bits per heavy atom. The van der Waals surface area contributed by atoms with E-state index in [2.05, 4.69) is 81.4 Å². The summed E-state index contributed by atoms with van der Waals surface area (Å²) in [6, 6.07) is 23.5. The lowest BCUT2D eigenvalue weighted by Crippen LogP contribution is -2.39. The number of rotatable bonds is 6. The van der Waals surface area contributed by atoms with Crippen LogP contribution in [0.3, 0.4) is 0 Å². The smallest absolute Gasteiger partial charge is 0.237 e. The largest absolute Gasteiger partial charge is 0.409 e. The Bertz CT molecular complexity index is 1760. The number of pyridine rings is 2. The van der Waals surface area contributed by atoms with E-state index in [1.807, 2.05) is 36.4 Å². The average Bonchev–Trinajstić information content (AvgIpc) is 3.53. The number of aromatic nitrogens is 4. The fraction of sp³-hybridized carbons (Fsp3) is 0.235. The maximum Gasteiger partial charge on any atom is 0.237 e. The predicted octanol–water partition coefficient (Wildman–Crippen LogP) is 8.18. The van der Waals surface area contributed by atoms with Crippen LogP contribution in [-0.2, 0) is 15.6 Å². The lowest BCUT2D eigenvalue weighted by Gasteiger charge is -2.38. The van der Waals surface area contributed by atoms with Crippen LogP contribution >= 0.6 is 43.5 Å². The van der Waals surface area contributed by atoms with Crippen molar-refractivity contribution in [3.63, 3.8) is 0 Å². The second-order valence-corrected chi connectivity index (χ2v) is 13.2. The van der Waals surface area contributed by atoms with E-state index in [1.54, 1.807) is 30.7 Å². The van der Waals surface area contributed by atoms with Crippen molar-refractivity contribution in [1.29, 1.82) is 0 Å². The minimum atomic E-state index is -0.387. The van der Waals surface area contributed by atoms with Crippen molar-refractivity contribution < 1.29 is 14.5 Å². The van der Waals surface area contributed by atoms with Crippen molar-refractivity contribution in [3.05, 3.63) is 129 Å². The van der Waals surface area contributed by atoms with Gasteiger partial charge in [-0.2, -0.15) is 4.98 Å². The molecule has 5 aromatic rings. The fourth-order valence-corrected chi connectivity index (χ4v) is 6.25. The van der Waals surface area contributed by atoms with Gasteiger partial charge in [-0.1, -0.05) is 79.3 Å². The molecular weight excluding hydrogens is 736 g/mol. The Kier molecular flexibility index (Phi) is 11.0. The normalized spacial score (nSPS) is 15.9. The third kappa shape index (κ3) is 7.37. The summed E-state index contributed by atoms with van der Waals surface area (Å²) in [7, 11) is 0. The van der Waals surface area contributed by atoms with Crippen LogP contribution in [0.5, 0.6) is 0 Å². The third-order valence-corrected chi connectivity index (χ3v) is 9.82. The average molecular weight is 767 g/mol. The molecule has 7 rings (SSSR count). The van der Waals surface area contributed by atoms with Crippen LogP contribution in [0.4, 0.5) is 0 Å². The maximum atomic E-state index is 11.4. The number of halogens is 3. The molecule has 0 bridgehead atoms. The number of amidine groups is 1. The van der Waals surface area contributed by atoms with Crippen molar-refractivity contribution in [1.82, 2.24) is 20.1 Å². The highest BCUT2D eigenvalue weighted by molar-refractivity contribution is 9.10. The molecule has 236 valence electrons. The van der Waals surface area contributed by atoms with Gasteiger partial charge in [-0.05, 0) is 96.9 Å². The van der Waals surface area contributed by atoms with E-state index in [1.165, 1.54) is 18.2 Å². The zero-order chi connectivity index (χ0) is 32.6. The van der Waals surface area contributed by atoms with E-state index in [0.717, 1.165) is 52.2 Å². The Hall–Kier alpha value is -3.93. The van der Waals surface area contributed by atoms with Gasteiger partial charge >= 0.3 is 0 Å². The number of hydrogen-bond donors (Lipinski definition) is 2. The van der Waals surface area contributed by atoms with Crippen molar-refractivity contribution in [2.75, 3.05) is 0 Å². The molecule has 0 saturated heterocycles. The van der Waals surface area contributed by atoms with Crippen molar-refractivity contribution in [2.45, 2.75) is 49.4 Å². The molecule has 2 aromatic carbocycles. The Morgan fingerprint density at radius 2 is 1.43 bits per heavy atom. The highest BCUT2D eigenvalue weighted by atomic mass is 79.9. The second-order valence-electron chi connectivity index (χ2n) is 11.1. The monoisotopic (exact) mass is 764 g/mol. The summed E-state index contributed by atoms with van der Waals surface area (Å²) in [6.45, 7) is 0. The maximum absolute atomic E-state index is 11.4. The molecule has 0 aliphatic heterocycles. The first-order chi connectivity index (χ1) is 22.3. The van der Waals surface area contributed by atoms with E-state index in [0.29, 0.717) is 17.3 Å². The number of benzene rings is 2. The minimum absolute atomic E-state index is 0.0769. The molecule has 46 heavy (non-hydrogen) atoms. The summed E-state index contributed by atoms with van der Waals surface area (Å²) < 4.78 is 7.71. The molecule has 0 spiro atoms. The first-order valence-electron chi connectivity index (χ1n) is 14.6. The minimum Gasteiger partial charge on any atom is -0.409 e. The van der Waals surface area contributed by atoms with Crippen LogP contribution in [0.1, 0.15) is 61.1 Å². The highest BCUT2D eigenvalue weighted by Crippen LogP contribution is 2.49. The third-order valence-electron chi connectivity index (χ3n) is 8.40. The SMILES string of the molecule is Brc1ccc(C2(c3nc(-c4cccnc4)no3)CCC2)cc1.N/C(=N\O)c1cccnc1.O=C(Cl)C1(c2ccc(Br)cc2)CCC1. The van der Waals surface area contributed by atoms with Gasteiger partial charge in [-0.25, -0.2) is 0 Å². The number of carbonyl (C=O) groups is 1. The van der Waals surface area contributed by atoms with Gasteiger partial charge in [0, 0.05) is 44.9 Å². The predicted molar refractivity (Wildman–Crippen MR) is 184 cm³/mol. The number of hydrogen-bond acceptors (Lipinski definition) is 8. The molecule has 2 saturated carbocycles. The quantitative estimate of drug-likeness (QED) is 0.0580. The Morgan fingerprint density at radius 1 is 0.848 bits per heavy atom. The zero-order valence-corrected chi connectivity index (χ0v) is 28.6. The van der Waals surface area contributed by atoms with Gasteiger partial charge in [0.05, 0.1) is 10.8 Å². The second kappa shape index (κ2) is 15.1. The summed E-state index contributed by atoms with van der Waals surface area (Å²) in [4.78, 5) is 23.9. The van der Waals surface area contributed by atoms with E-state index in [4.69, 9.17) is 27.1 Å². The van der Waals surface area contributed by atoms with Gasteiger partial charge < -0.3 is 15.5 Å². The number of oxime groups is 1. The first-order valence-corrected chi connectivity index (χ1v) is 16.6. The van der Waals surface area contributed by atoms with Gasteiger partial charge in [-0.15, -0.1) is 0 Å². The van der Waals surface area contributed by atoms with Crippen LogP contribution in [0.15, 0.2) is 116 Å². The van der Waals surface area contributed by atoms with Crippen LogP contribution in [-0.4, -0.2) is 36.4 Å². The standard InChI is InChI=1S/C17H14BrN3O.C11H10BrClO.C6H7N3O/c18-14-6-4-13(5-7-14)17(8-2-9-17)16-20-15(21-22-16)12-3-1-10-19-11-12;12-9-4-2-8(3-5-9)11(10(13)14)6-1-7-11;7-6(9-10)5-2-1-3-8-4-5/h1,3-7,10-11H,2,8-9H2;2-5H,1,6-7H2;1-4,10H,(H2,7,9). The first kappa shape index (κ1) is 33.4. The van der Waals surface area contributed by atoms with Crippen molar-refractivity contribution in [2.24, 2.45) is 10.9 Å². The van der Waals surface area contributed by atoms with Gasteiger partial charge in [-0.3, -0.25) is 14.8 Å². The Balaban J connectivity index is 0.000000149. The molecule has 2 aliphatic carbocycles. The van der Waals surface area contributed by atoms with Crippen molar-refractivity contribution in [3.8, 4) is 11.4 Å². The Labute approximate surface area is 288 Å². The molecule has 2 fully saturated rings. The van der Waals surface area contributed by atoms with Crippen molar-refractivity contribution >= 4 is 54.5 Å². The summed E-state index contributed by atoms with van der Waals surface area (Å²) >= 11 is 12.5. The van der Waals surface area contributed by atoms with Crippen LogP contribution in [0.25, 0.3) is 11.4 Å². The van der Waals surface area contributed by atoms with E-state index in [9.17, 15) is 4.79 Å². The molecule has 0 atom stereocenters. The molecule has 0 amide bonds.